The van der Waals surface area contributed by atoms with E-state index in [0.717, 1.165) is 0 Å². The van der Waals surface area contributed by atoms with Gasteiger partial charge in [0.1, 0.15) is 5.75 Å². The largest absolute Gasteiger partial charge is 0.496 e. The van der Waals surface area contributed by atoms with Crippen LogP contribution in [0.25, 0.3) is 0 Å². The van der Waals surface area contributed by atoms with E-state index in [1.807, 2.05) is 0 Å². The summed E-state index contributed by atoms with van der Waals surface area (Å²) in [6, 6.07) is 9.36. The Kier molecular flexibility index (Phi) is 6.57. The third-order valence-corrected chi connectivity index (χ3v) is 4.25. The number of rotatable bonds is 5. The zero-order valence-corrected chi connectivity index (χ0v) is 14.9. The minimum Gasteiger partial charge on any atom is -0.496 e. The van der Waals surface area contributed by atoms with Crippen molar-refractivity contribution in [1.82, 2.24) is 5.32 Å². The fourth-order valence-electron chi connectivity index (χ4n) is 2.03. The first-order valence-electron chi connectivity index (χ1n) is 6.92. The quantitative estimate of drug-likeness (QED) is 0.659. The maximum Gasteiger partial charge on any atom is 0.319 e. The van der Waals surface area contributed by atoms with Gasteiger partial charge in [0.05, 0.1) is 34.0 Å². The number of nitrogens with one attached hydrogen (secondary N) is 2. The van der Waals surface area contributed by atoms with Crippen molar-refractivity contribution in [2.24, 2.45) is 0 Å². The van der Waals surface area contributed by atoms with Crippen LogP contribution < -0.4 is 15.4 Å². The van der Waals surface area contributed by atoms with Crippen LogP contribution in [0.3, 0.4) is 0 Å². The number of ether oxygens (including phenoxy) is 1. The first kappa shape index (κ1) is 18.7. The number of aliphatic hydroxyl groups excluding tert-OH is 1. The molecule has 0 aromatic heterocycles. The molecule has 1 unspecified atom stereocenters. The standard InChI is InChI=1S/C16H15Cl3N2O3/c1-24-15-5-3-2-4-9(15)14(22)8-20-16(23)21-13-7-11(18)10(17)6-12(13)19/h2-7,14,22H,8H2,1H3,(H2,20,21,23). The van der Waals surface area contributed by atoms with Crippen LogP contribution in [0.5, 0.6) is 5.75 Å². The Morgan fingerprint density at radius 1 is 1.17 bits per heavy atom. The number of anilines is 1. The molecular weight excluding hydrogens is 375 g/mol. The second-order valence-electron chi connectivity index (χ2n) is 4.84. The first-order valence-corrected chi connectivity index (χ1v) is 8.06. The molecule has 5 nitrogen and oxygen atoms in total. The number of para-hydroxylation sites is 1. The molecule has 0 spiro atoms. The van der Waals surface area contributed by atoms with Gasteiger partial charge in [0, 0.05) is 12.1 Å². The second kappa shape index (κ2) is 8.44. The van der Waals surface area contributed by atoms with Crippen molar-refractivity contribution < 1.29 is 14.6 Å². The van der Waals surface area contributed by atoms with Crippen LogP contribution in [0.2, 0.25) is 15.1 Å². The van der Waals surface area contributed by atoms with E-state index in [2.05, 4.69) is 10.6 Å². The number of methoxy groups -OCH3 is 1. The van der Waals surface area contributed by atoms with E-state index in [9.17, 15) is 9.90 Å². The van der Waals surface area contributed by atoms with Gasteiger partial charge < -0.3 is 20.5 Å². The lowest BCUT2D eigenvalue weighted by Crippen LogP contribution is -2.32. The Morgan fingerprint density at radius 2 is 1.83 bits per heavy atom. The molecule has 0 aliphatic heterocycles. The van der Waals surface area contributed by atoms with Gasteiger partial charge in [-0.25, -0.2) is 4.79 Å². The van der Waals surface area contributed by atoms with Crippen LogP contribution in [-0.4, -0.2) is 24.8 Å². The average molecular weight is 390 g/mol. The van der Waals surface area contributed by atoms with Crippen molar-refractivity contribution in [1.29, 1.82) is 0 Å². The van der Waals surface area contributed by atoms with Gasteiger partial charge in [-0.05, 0) is 18.2 Å². The number of benzene rings is 2. The molecule has 0 heterocycles. The van der Waals surface area contributed by atoms with Gasteiger partial charge in [-0.1, -0.05) is 53.0 Å². The Labute approximate surface area is 154 Å². The summed E-state index contributed by atoms with van der Waals surface area (Å²) < 4.78 is 5.18. The summed E-state index contributed by atoms with van der Waals surface area (Å²) in [5, 5.41) is 16.1. The Bertz CT molecular complexity index is 741. The molecule has 128 valence electrons. The summed E-state index contributed by atoms with van der Waals surface area (Å²) >= 11 is 17.7. The lowest BCUT2D eigenvalue weighted by molar-refractivity contribution is 0.171. The SMILES string of the molecule is COc1ccccc1C(O)CNC(=O)Nc1cc(Cl)c(Cl)cc1Cl. The summed E-state index contributed by atoms with van der Waals surface area (Å²) in [7, 11) is 1.51. The fraction of sp³-hybridized carbons (Fsp3) is 0.188. The molecule has 2 aromatic rings. The van der Waals surface area contributed by atoms with Crippen LogP contribution in [0, 0.1) is 0 Å². The highest BCUT2D eigenvalue weighted by atomic mass is 35.5. The highest BCUT2D eigenvalue weighted by Gasteiger charge is 2.15. The van der Waals surface area contributed by atoms with Crippen molar-refractivity contribution in [3.8, 4) is 5.75 Å². The number of urea groups is 1. The minimum absolute atomic E-state index is 0.00878. The second-order valence-corrected chi connectivity index (χ2v) is 6.06. The lowest BCUT2D eigenvalue weighted by atomic mass is 10.1. The monoisotopic (exact) mass is 388 g/mol. The smallest absolute Gasteiger partial charge is 0.319 e. The Hall–Kier alpha value is -1.66. The van der Waals surface area contributed by atoms with Gasteiger partial charge in [0.25, 0.3) is 0 Å². The number of halogens is 3. The van der Waals surface area contributed by atoms with Crippen molar-refractivity contribution in [2.75, 3.05) is 19.0 Å². The molecule has 0 saturated heterocycles. The molecule has 0 aliphatic carbocycles. The molecule has 0 saturated carbocycles. The summed E-state index contributed by atoms with van der Waals surface area (Å²) in [5.41, 5.74) is 0.892. The van der Waals surface area contributed by atoms with Crippen molar-refractivity contribution in [3.05, 3.63) is 57.0 Å². The molecule has 0 fully saturated rings. The van der Waals surface area contributed by atoms with E-state index >= 15 is 0 Å². The van der Waals surface area contributed by atoms with E-state index in [1.165, 1.54) is 19.2 Å². The molecular formula is C16H15Cl3N2O3. The maximum absolute atomic E-state index is 12.0. The highest BCUT2D eigenvalue weighted by Crippen LogP contribution is 2.32. The molecule has 2 rings (SSSR count). The van der Waals surface area contributed by atoms with Crippen LogP contribution in [0.1, 0.15) is 11.7 Å². The van der Waals surface area contributed by atoms with Crippen molar-refractivity contribution in [3.63, 3.8) is 0 Å². The van der Waals surface area contributed by atoms with Crippen molar-refractivity contribution in [2.45, 2.75) is 6.10 Å². The fourth-order valence-corrected chi connectivity index (χ4v) is 2.62. The topological polar surface area (TPSA) is 70.6 Å². The third-order valence-electron chi connectivity index (χ3n) is 3.21. The molecule has 2 amide bonds. The Morgan fingerprint density at radius 3 is 2.54 bits per heavy atom. The van der Waals surface area contributed by atoms with E-state index in [0.29, 0.717) is 22.0 Å². The zero-order valence-electron chi connectivity index (χ0n) is 12.6. The zero-order chi connectivity index (χ0) is 17.7. The molecule has 0 bridgehead atoms. The van der Waals surface area contributed by atoms with Crippen LogP contribution >= 0.6 is 34.8 Å². The maximum atomic E-state index is 12.0. The predicted molar refractivity (Wildman–Crippen MR) is 96.4 cm³/mol. The van der Waals surface area contributed by atoms with E-state index < -0.39 is 12.1 Å². The van der Waals surface area contributed by atoms with Gasteiger partial charge in [0.15, 0.2) is 0 Å². The molecule has 1 atom stereocenters. The predicted octanol–water partition coefficient (Wildman–Crippen LogP) is 4.51. The number of aliphatic hydroxyl groups is 1. The van der Waals surface area contributed by atoms with E-state index in [1.54, 1.807) is 24.3 Å². The highest BCUT2D eigenvalue weighted by molar-refractivity contribution is 6.44. The summed E-state index contributed by atoms with van der Waals surface area (Å²) in [6.07, 6.45) is -0.920. The third kappa shape index (κ3) is 4.68. The van der Waals surface area contributed by atoms with Crippen molar-refractivity contribution >= 4 is 46.5 Å². The van der Waals surface area contributed by atoms with Crippen LogP contribution in [-0.2, 0) is 0 Å². The molecule has 3 N–H and O–H groups in total. The molecule has 0 radical (unpaired) electrons. The molecule has 8 heteroatoms. The summed E-state index contributed by atoms with van der Waals surface area (Å²) in [5.74, 6) is 0.541. The molecule has 24 heavy (non-hydrogen) atoms. The number of carbonyl (C=O) groups excluding carboxylic acids is 1. The summed E-state index contributed by atoms with van der Waals surface area (Å²) in [4.78, 5) is 12.0. The van der Waals surface area contributed by atoms with Gasteiger partial charge >= 0.3 is 6.03 Å². The van der Waals surface area contributed by atoms with Crippen LogP contribution in [0.15, 0.2) is 36.4 Å². The normalized spacial score (nSPS) is 11.7. The number of hydrogen-bond acceptors (Lipinski definition) is 3. The van der Waals surface area contributed by atoms with E-state index in [4.69, 9.17) is 39.5 Å². The Balaban J connectivity index is 1.97. The first-order chi connectivity index (χ1) is 11.4. The number of hydrogen-bond donors (Lipinski definition) is 3. The summed E-state index contributed by atoms with van der Waals surface area (Å²) in [6.45, 7) is -0.00878. The van der Waals surface area contributed by atoms with Gasteiger partial charge in [-0.3, -0.25) is 0 Å². The van der Waals surface area contributed by atoms with Gasteiger partial charge in [-0.15, -0.1) is 0 Å². The van der Waals surface area contributed by atoms with E-state index in [-0.39, 0.29) is 16.6 Å². The lowest BCUT2D eigenvalue weighted by Gasteiger charge is -2.16. The molecule has 0 aliphatic rings. The van der Waals surface area contributed by atoms with Gasteiger partial charge in [0.2, 0.25) is 0 Å². The average Bonchev–Trinajstić information content (AvgIpc) is 2.57. The number of carbonyl (C=O) groups is 1. The van der Waals surface area contributed by atoms with Gasteiger partial charge in [-0.2, -0.15) is 0 Å². The minimum atomic E-state index is -0.920. The molecule has 2 aromatic carbocycles. The van der Waals surface area contributed by atoms with Crippen LogP contribution in [0.4, 0.5) is 10.5 Å². The number of amides is 2.